The van der Waals surface area contributed by atoms with Gasteiger partial charge in [0.2, 0.25) is 11.8 Å². The van der Waals surface area contributed by atoms with Crippen molar-refractivity contribution in [1.82, 2.24) is 14.8 Å². The van der Waals surface area contributed by atoms with E-state index in [0.717, 1.165) is 22.2 Å². The van der Waals surface area contributed by atoms with Crippen LogP contribution in [0.2, 0.25) is 0 Å². The molecule has 0 bridgehead atoms. The minimum atomic E-state index is -0.380. The van der Waals surface area contributed by atoms with Gasteiger partial charge in [-0.25, -0.2) is 4.68 Å². The number of nitrogens with zero attached hydrogens (tertiary/aromatic N) is 4. The molecule has 166 valence electrons. The van der Waals surface area contributed by atoms with Crippen LogP contribution in [-0.2, 0) is 9.59 Å². The fraction of sp³-hybridized carbons (Fsp3) is 0.120. The molecule has 0 saturated heterocycles. The molecular weight excluding hydrogens is 418 g/mol. The number of pyridine rings is 1. The summed E-state index contributed by atoms with van der Waals surface area (Å²) in [4.78, 5) is 31.0. The number of carbonyl (C=O) groups is 2. The third kappa shape index (κ3) is 4.18. The van der Waals surface area contributed by atoms with Gasteiger partial charge in [-0.05, 0) is 61.0 Å². The number of hydrogen-bond acceptors (Lipinski definition) is 5. The van der Waals surface area contributed by atoms with E-state index in [1.807, 2.05) is 37.4 Å². The number of methoxy groups -OCH3 is 1. The quantitative estimate of drug-likeness (QED) is 0.444. The molecule has 8 heteroatoms. The lowest BCUT2D eigenvalue weighted by Gasteiger charge is -2.26. The normalized spacial score (nSPS) is 10.6. The number of benzene rings is 2. The molecule has 8 nitrogen and oxygen atoms in total. The van der Waals surface area contributed by atoms with Crippen LogP contribution in [0.4, 0.5) is 17.1 Å². The van der Waals surface area contributed by atoms with Crippen LogP contribution < -0.4 is 15.0 Å². The van der Waals surface area contributed by atoms with E-state index >= 15 is 0 Å². The van der Waals surface area contributed by atoms with Crippen molar-refractivity contribution in [2.75, 3.05) is 17.3 Å². The van der Waals surface area contributed by atoms with Crippen molar-refractivity contribution < 1.29 is 14.3 Å². The summed E-state index contributed by atoms with van der Waals surface area (Å²) in [5.74, 6) is -0.106. The lowest BCUT2D eigenvalue weighted by molar-refractivity contribution is -0.116. The first kappa shape index (κ1) is 21.8. The summed E-state index contributed by atoms with van der Waals surface area (Å²) >= 11 is 0. The highest BCUT2D eigenvalue weighted by molar-refractivity contribution is 6.09. The molecular formula is C25H23N5O3. The molecule has 33 heavy (non-hydrogen) atoms. The second-order valence-corrected chi connectivity index (χ2v) is 7.37. The SMILES string of the molecule is C=CC(=O)Nc1cc(N(C(C)=O)c2c(C)cnc3ccc(-n4cccn4)cc23)ccc1OC. The van der Waals surface area contributed by atoms with Gasteiger partial charge in [0.05, 0.1) is 35.4 Å². The summed E-state index contributed by atoms with van der Waals surface area (Å²) in [5.41, 5.74) is 4.11. The van der Waals surface area contributed by atoms with Gasteiger partial charge in [-0.3, -0.25) is 19.5 Å². The van der Waals surface area contributed by atoms with Crippen molar-refractivity contribution in [3.8, 4) is 11.4 Å². The van der Waals surface area contributed by atoms with Gasteiger partial charge >= 0.3 is 0 Å². The molecule has 2 aromatic carbocycles. The number of ether oxygens (including phenoxy) is 1. The maximum atomic E-state index is 13.0. The molecule has 4 rings (SSSR count). The molecule has 0 spiro atoms. The monoisotopic (exact) mass is 441 g/mol. The predicted molar refractivity (Wildman–Crippen MR) is 128 cm³/mol. The Labute approximate surface area is 191 Å². The Kier molecular flexibility index (Phi) is 5.91. The molecule has 0 unspecified atom stereocenters. The zero-order valence-electron chi connectivity index (χ0n) is 18.6. The Morgan fingerprint density at radius 2 is 2.03 bits per heavy atom. The summed E-state index contributed by atoms with van der Waals surface area (Å²) in [7, 11) is 1.51. The topological polar surface area (TPSA) is 89.4 Å². The highest BCUT2D eigenvalue weighted by atomic mass is 16.5. The number of hydrogen-bond donors (Lipinski definition) is 1. The number of amides is 2. The highest BCUT2D eigenvalue weighted by Crippen LogP contribution is 2.38. The van der Waals surface area contributed by atoms with Crippen molar-refractivity contribution in [2.24, 2.45) is 0 Å². The Morgan fingerprint density at radius 3 is 2.70 bits per heavy atom. The zero-order chi connectivity index (χ0) is 23.5. The van der Waals surface area contributed by atoms with Crippen LogP contribution >= 0.6 is 0 Å². The van der Waals surface area contributed by atoms with E-state index in [-0.39, 0.29) is 11.8 Å². The number of fused-ring (bicyclic) bond motifs is 1. The van der Waals surface area contributed by atoms with E-state index in [2.05, 4.69) is 22.0 Å². The van der Waals surface area contributed by atoms with Crippen LogP contribution in [0.3, 0.4) is 0 Å². The summed E-state index contributed by atoms with van der Waals surface area (Å²) in [6.45, 7) is 6.89. The molecule has 0 fully saturated rings. The van der Waals surface area contributed by atoms with E-state index in [1.165, 1.54) is 20.1 Å². The van der Waals surface area contributed by atoms with Crippen molar-refractivity contribution in [3.05, 3.63) is 79.3 Å². The average molecular weight is 441 g/mol. The molecule has 0 aliphatic rings. The first-order valence-electron chi connectivity index (χ1n) is 10.2. The second-order valence-electron chi connectivity index (χ2n) is 7.37. The molecule has 0 radical (unpaired) electrons. The van der Waals surface area contributed by atoms with E-state index < -0.39 is 0 Å². The van der Waals surface area contributed by atoms with Crippen LogP contribution in [0, 0.1) is 6.92 Å². The molecule has 0 atom stereocenters. The van der Waals surface area contributed by atoms with Crippen LogP contribution in [0.5, 0.6) is 5.75 Å². The molecule has 2 heterocycles. The zero-order valence-corrected chi connectivity index (χ0v) is 18.6. The van der Waals surface area contributed by atoms with E-state index in [1.54, 1.807) is 40.2 Å². The average Bonchev–Trinajstić information content (AvgIpc) is 3.35. The van der Waals surface area contributed by atoms with Crippen molar-refractivity contribution in [2.45, 2.75) is 13.8 Å². The number of carbonyl (C=O) groups excluding carboxylic acids is 2. The van der Waals surface area contributed by atoms with Gasteiger partial charge in [0, 0.05) is 30.9 Å². The fourth-order valence-corrected chi connectivity index (χ4v) is 3.71. The number of anilines is 3. The second kappa shape index (κ2) is 8.96. The van der Waals surface area contributed by atoms with Crippen LogP contribution in [-0.4, -0.2) is 33.7 Å². The number of nitrogens with one attached hydrogen (secondary N) is 1. The maximum absolute atomic E-state index is 13.0. The molecule has 0 aliphatic carbocycles. The molecule has 4 aromatic rings. The van der Waals surface area contributed by atoms with Crippen LogP contribution in [0.25, 0.3) is 16.6 Å². The minimum Gasteiger partial charge on any atom is -0.495 e. The number of rotatable bonds is 6. The van der Waals surface area contributed by atoms with Gasteiger partial charge in [-0.15, -0.1) is 0 Å². The van der Waals surface area contributed by atoms with Gasteiger partial charge in [-0.1, -0.05) is 6.58 Å². The summed E-state index contributed by atoms with van der Waals surface area (Å²) in [6.07, 6.45) is 6.47. The summed E-state index contributed by atoms with van der Waals surface area (Å²) in [6, 6.07) is 12.8. The highest BCUT2D eigenvalue weighted by Gasteiger charge is 2.22. The third-order valence-electron chi connectivity index (χ3n) is 5.20. The summed E-state index contributed by atoms with van der Waals surface area (Å²) in [5, 5.41) is 7.83. The van der Waals surface area contributed by atoms with Gasteiger partial charge in [0.1, 0.15) is 5.75 Å². The van der Waals surface area contributed by atoms with Gasteiger partial charge < -0.3 is 10.1 Å². The van der Waals surface area contributed by atoms with Crippen LogP contribution in [0.1, 0.15) is 12.5 Å². The van der Waals surface area contributed by atoms with E-state index in [4.69, 9.17) is 4.74 Å². The van der Waals surface area contributed by atoms with Gasteiger partial charge in [0.15, 0.2) is 0 Å². The number of aromatic nitrogens is 3. The van der Waals surface area contributed by atoms with E-state index in [0.29, 0.717) is 22.8 Å². The van der Waals surface area contributed by atoms with Crippen LogP contribution in [0.15, 0.2) is 73.7 Å². The van der Waals surface area contributed by atoms with Crippen molar-refractivity contribution in [1.29, 1.82) is 0 Å². The molecule has 2 amide bonds. The Balaban J connectivity index is 1.92. The van der Waals surface area contributed by atoms with E-state index in [9.17, 15) is 9.59 Å². The van der Waals surface area contributed by atoms with Crippen molar-refractivity contribution in [3.63, 3.8) is 0 Å². The first-order chi connectivity index (χ1) is 15.9. The molecule has 2 aromatic heterocycles. The maximum Gasteiger partial charge on any atom is 0.247 e. The minimum absolute atomic E-state index is 0.193. The first-order valence-corrected chi connectivity index (χ1v) is 10.2. The predicted octanol–water partition coefficient (Wildman–Crippen LogP) is 4.55. The fourth-order valence-electron chi connectivity index (χ4n) is 3.71. The summed E-state index contributed by atoms with van der Waals surface area (Å²) < 4.78 is 7.12. The Bertz CT molecular complexity index is 1360. The van der Waals surface area contributed by atoms with Crippen molar-refractivity contribution >= 4 is 39.8 Å². The Morgan fingerprint density at radius 1 is 1.21 bits per heavy atom. The standard InChI is InChI=1S/C25H23N5O3/c1-5-24(32)28-22-14-19(8-10-23(22)33-4)30(17(3)31)25-16(2)15-26-21-9-7-18(13-20(21)25)29-12-6-11-27-29/h5-15H,1H2,2-4H3,(H,28,32). The lowest BCUT2D eigenvalue weighted by atomic mass is 10.1. The molecule has 0 saturated carbocycles. The Hall–Kier alpha value is -4.46. The smallest absolute Gasteiger partial charge is 0.247 e. The lowest BCUT2D eigenvalue weighted by Crippen LogP contribution is -2.24. The molecule has 0 aliphatic heterocycles. The largest absolute Gasteiger partial charge is 0.495 e. The van der Waals surface area contributed by atoms with Gasteiger partial charge in [-0.2, -0.15) is 5.10 Å². The number of aryl methyl sites for hydroxylation is 1. The molecule has 1 N–H and O–H groups in total. The third-order valence-corrected chi connectivity index (χ3v) is 5.20. The van der Waals surface area contributed by atoms with Gasteiger partial charge in [0.25, 0.3) is 0 Å².